The molecular weight excluding hydrogens is 406 g/mol. The number of thioether (sulfide) groups is 1. The SMILES string of the molecule is Cc1ccc(S(=O)(=O)C(NC(=S)SCc2ccccc2)c2ccccc2)cc1. The van der Waals surface area contributed by atoms with Crippen LogP contribution in [0.2, 0.25) is 0 Å². The van der Waals surface area contributed by atoms with E-state index in [0.29, 0.717) is 15.6 Å². The lowest BCUT2D eigenvalue weighted by Gasteiger charge is -2.21. The molecule has 0 radical (unpaired) electrons. The molecule has 3 nitrogen and oxygen atoms in total. The third kappa shape index (κ3) is 5.22. The molecule has 0 aliphatic carbocycles. The van der Waals surface area contributed by atoms with Crippen molar-refractivity contribution in [3.8, 4) is 0 Å². The summed E-state index contributed by atoms with van der Waals surface area (Å²) < 4.78 is 27.1. The van der Waals surface area contributed by atoms with Crippen LogP contribution >= 0.6 is 24.0 Å². The second-order valence-corrected chi connectivity index (χ2v) is 10.0. The summed E-state index contributed by atoms with van der Waals surface area (Å²) in [4.78, 5) is 0.273. The zero-order valence-corrected chi connectivity index (χ0v) is 17.9. The van der Waals surface area contributed by atoms with Gasteiger partial charge in [-0.05, 0) is 30.2 Å². The van der Waals surface area contributed by atoms with Crippen LogP contribution in [0, 0.1) is 6.92 Å². The minimum Gasteiger partial charge on any atom is -0.351 e. The summed E-state index contributed by atoms with van der Waals surface area (Å²) in [6.45, 7) is 1.93. The van der Waals surface area contributed by atoms with Crippen LogP contribution in [0.3, 0.4) is 0 Å². The van der Waals surface area contributed by atoms with E-state index in [1.54, 1.807) is 36.4 Å². The third-order valence-electron chi connectivity index (χ3n) is 4.22. The maximum absolute atomic E-state index is 13.3. The van der Waals surface area contributed by atoms with Gasteiger partial charge in [0.15, 0.2) is 5.37 Å². The topological polar surface area (TPSA) is 46.2 Å². The number of benzene rings is 3. The van der Waals surface area contributed by atoms with E-state index >= 15 is 0 Å². The molecule has 0 fully saturated rings. The predicted molar refractivity (Wildman–Crippen MR) is 121 cm³/mol. The van der Waals surface area contributed by atoms with Gasteiger partial charge in [-0.3, -0.25) is 0 Å². The van der Waals surface area contributed by atoms with E-state index < -0.39 is 15.2 Å². The average Bonchev–Trinajstić information content (AvgIpc) is 2.72. The lowest BCUT2D eigenvalue weighted by molar-refractivity contribution is 0.578. The Bertz CT molecular complexity index is 1020. The van der Waals surface area contributed by atoms with Gasteiger partial charge in [0, 0.05) is 5.75 Å². The first-order valence-corrected chi connectivity index (χ1v) is 11.7. The molecule has 0 aliphatic rings. The lowest BCUT2D eigenvalue weighted by atomic mass is 10.2. The van der Waals surface area contributed by atoms with Crippen molar-refractivity contribution in [1.29, 1.82) is 0 Å². The van der Waals surface area contributed by atoms with Gasteiger partial charge < -0.3 is 5.32 Å². The Hall–Kier alpha value is -2.15. The molecule has 3 aromatic rings. The number of sulfone groups is 1. The van der Waals surface area contributed by atoms with Gasteiger partial charge in [0.1, 0.15) is 4.32 Å². The zero-order valence-electron chi connectivity index (χ0n) is 15.4. The van der Waals surface area contributed by atoms with Crippen molar-refractivity contribution in [2.24, 2.45) is 0 Å². The summed E-state index contributed by atoms with van der Waals surface area (Å²) in [6, 6.07) is 26.0. The Morgan fingerprint density at radius 1 is 0.929 bits per heavy atom. The monoisotopic (exact) mass is 427 g/mol. The van der Waals surface area contributed by atoms with E-state index in [-0.39, 0.29) is 4.90 Å². The summed E-state index contributed by atoms with van der Waals surface area (Å²) >= 11 is 6.88. The second-order valence-electron chi connectivity index (χ2n) is 6.35. The van der Waals surface area contributed by atoms with Gasteiger partial charge in [0.2, 0.25) is 9.84 Å². The first kappa shape index (κ1) is 20.6. The Morgan fingerprint density at radius 2 is 1.50 bits per heavy atom. The summed E-state index contributed by atoms with van der Waals surface area (Å²) in [6.07, 6.45) is 0. The smallest absolute Gasteiger partial charge is 0.203 e. The summed E-state index contributed by atoms with van der Waals surface area (Å²) in [5, 5.41) is 2.13. The van der Waals surface area contributed by atoms with Crippen molar-refractivity contribution in [2.75, 3.05) is 0 Å². The molecule has 1 atom stereocenters. The molecule has 0 spiro atoms. The number of aryl methyl sites for hydroxylation is 1. The minimum atomic E-state index is -3.66. The third-order valence-corrected chi connectivity index (χ3v) is 7.49. The molecule has 1 unspecified atom stereocenters. The molecule has 0 amide bonds. The van der Waals surface area contributed by atoms with E-state index in [0.717, 1.165) is 11.1 Å². The summed E-state index contributed by atoms with van der Waals surface area (Å²) in [5.41, 5.74) is 2.80. The van der Waals surface area contributed by atoms with Gasteiger partial charge >= 0.3 is 0 Å². The van der Waals surface area contributed by atoms with Crippen molar-refractivity contribution in [1.82, 2.24) is 5.32 Å². The maximum Gasteiger partial charge on any atom is 0.203 e. The molecule has 28 heavy (non-hydrogen) atoms. The fourth-order valence-corrected chi connectivity index (χ4v) is 5.42. The van der Waals surface area contributed by atoms with Crippen LogP contribution in [-0.4, -0.2) is 12.7 Å². The highest BCUT2D eigenvalue weighted by atomic mass is 32.2. The van der Waals surface area contributed by atoms with Crippen molar-refractivity contribution >= 4 is 38.1 Å². The van der Waals surface area contributed by atoms with Crippen LogP contribution < -0.4 is 5.32 Å². The van der Waals surface area contributed by atoms with Gasteiger partial charge in [-0.2, -0.15) is 0 Å². The van der Waals surface area contributed by atoms with Gasteiger partial charge in [0.25, 0.3) is 0 Å². The van der Waals surface area contributed by atoms with Crippen molar-refractivity contribution in [3.05, 3.63) is 102 Å². The molecule has 0 saturated heterocycles. The molecule has 0 aliphatic heterocycles. The van der Waals surface area contributed by atoms with E-state index in [1.807, 2.05) is 55.5 Å². The van der Waals surface area contributed by atoms with Crippen molar-refractivity contribution in [2.45, 2.75) is 22.9 Å². The minimum absolute atomic E-state index is 0.273. The molecule has 0 aromatic heterocycles. The molecular formula is C22H21NO2S3. The number of nitrogens with one attached hydrogen (secondary N) is 1. The van der Waals surface area contributed by atoms with E-state index in [4.69, 9.17) is 12.2 Å². The van der Waals surface area contributed by atoms with E-state index in [9.17, 15) is 8.42 Å². The fourth-order valence-electron chi connectivity index (χ4n) is 2.70. The van der Waals surface area contributed by atoms with E-state index in [2.05, 4.69) is 5.32 Å². The van der Waals surface area contributed by atoms with Gasteiger partial charge in [-0.25, -0.2) is 8.42 Å². The van der Waals surface area contributed by atoms with Gasteiger partial charge in [0.05, 0.1) is 4.90 Å². The Morgan fingerprint density at radius 3 is 2.11 bits per heavy atom. The lowest BCUT2D eigenvalue weighted by Crippen LogP contribution is -2.31. The highest BCUT2D eigenvalue weighted by Crippen LogP contribution is 2.28. The van der Waals surface area contributed by atoms with Crippen LogP contribution in [0.15, 0.2) is 89.8 Å². The second kappa shape index (κ2) is 9.37. The predicted octanol–water partition coefficient (Wildman–Crippen LogP) is 5.28. The molecule has 1 N–H and O–H groups in total. The molecule has 6 heteroatoms. The first-order valence-electron chi connectivity index (χ1n) is 8.79. The number of hydrogen-bond acceptors (Lipinski definition) is 4. The van der Waals surface area contributed by atoms with Crippen molar-refractivity contribution < 1.29 is 8.42 Å². The largest absolute Gasteiger partial charge is 0.351 e. The van der Waals surface area contributed by atoms with Crippen LogP contribution in [0.4, 0.5) is 0 Å². The van der Waals surface area contributed by atoms with Gasteiger partial charge in [-0.15, -0.1) is 0 Å². The molecule has 0 bridgehead atoms. The van der Waals surface area contributed by atoms with Crippen molar-refractivity contribution in [3.63, 3.8) is 0 Å². The molecule has 0 heterocycles. The average molecular weight is 428 g/mol. The van der Waals surface area contributed by atoms with Crippen LogP contribution in [0.1, 0.15) is 22.1 Å². The molecule has 3 aromatic carbocycles. The Kier molecular flexibility index (Phi) is 6.88. The summed E-state index contributed by atoms with van der Waals surface area (Å²) in [7, 11) is -3.66. The van der Waals surface area contributed by atoms with Crippen LogP contribution in [0.5, 0.6) is 0 Å². The fraction of sp³-hybridized carbons (Fsp3) is 0.136. The maximum atomic E-state index is 13.3. The number of thiocarbonyl (C=S) groups is 1. The van der Waals surface area contributed by atoms with E-state index in [1.165, 1.54) is 11.8 Å². The highest BCUT2D eigenvalue weighted by Gasteiger charge is 2.29. The zero-order chi connectivity index (χ0) is 20.0. The van der Waals surface area contributed by atoms with Crippen LogP contribution in [-0.2, 0) is 15.6 Å². The quantitative estimate of drug-likeness (QED) is 0.543. The first-order chi connectivity index (χ1) is 13.5. The molecule has 0 saturated carbocycles. The number of rotatable bonds is 6. The molecule has 3 rings (SSSR count). The van der Waals surface area contributed by atoms with Crippen LogP contribution in [0.25, 0.3) is 0 Å². The van der Waals surface area contributed by atoms with Gasteiger partial charge in [-0.1, -0.05) is 102 Å². The highest BCUT2D eigenvalue weighted by molar-refractivity contribution is 8.22. The molecule has 144 valence electrons. The normalized spacial score (nSPS) is 12.3. The standard InChI is InChI=1S/C22H21NO2S3/c1-17-12-14-20(15-13-17)28(24,25)21(19-10-6-3-7-11-19)23-22(26)27-16-18-8-4-2-5-9-18/h2-15,21H,16H2,1H3,(H,23,26). The Labute approximate surface area is 176 Å². The summed E-state index contributed by atoms with van der Waals surface area (Å²) in [5.74, 6) is 0.679. The number of hydrogen-bond donors (Lipinski definition) is 1. The Balaban J connectivity index is 1.83.